The van der Waals surface area contributed by atoms with E-state index in [1.54, 1.807) is 44.2 Å². The first-order valence-corrected chi connectivity index (χ1v) is 25.5. The lowest BCUT2D eigenvalue weighted by atomic mass is 10.00. The second kappa shape index (κ2) is 34.3. The Morgan fingerprint density at radius 2 is 1.12 bits per heavy atom. The van der Waals surface area contributed by atoms with Crippen molar-refractivity contribution >= 4 is 59.1 Å². The molecule has 0 spiro atoms. The van der Waals surface area contributed by atoms with Gasteiger partial charge in [0.1, 0.15) is 54.4 Å². The van der Waals surface area contributed by atoms with Crippen molar-refractivity contribution in [2.45, 2.75) is 158 Å². The summed E-state index contributed by atoms with van der Waals surface area (Å²) in [6.07, 6.45) is -3.50. The topological polar surface area (TPSA) is 462 Å². The second-order valence-electron chi connectivity index (χ2n) is 18.9. The van der Waals surface area contributed by atoms with E-state index >= 15 is 0 Å². The van der Waals surface area contributed by atoms with E-state index in [1.807, 2.05) is 0 Å². The molecule has 1 aromatic carbocycles. The van der Waals surface area contributed by atoms with Crippen LogP contribution in [0, 0.1) is 5.92 Å². The number of carbonyl (C=O) groups excluding carboxylic acids is 10. The average molecular weight is 1060 g/mol. The van der Waals surface area contributed by atoms with Crippen LogP contribution in [-0.2, 0) is 54.4 Å². The van der Waals surface area contributed by atoms with Crippen molar-refractivity contribution in [3.8, 4) is 0 Å². The maximum absolute atomic E-state index is 14.4. The lowest BCUT2D eigenvalue weighted by Crippen LogP contribution is -2.61. The smallest absolute Gasteiger partial charge is 0.245 e. The molecule has 22 N–H and O–H groups in total. The summed E-state index contributed by atoms with van der Waals surface area (Å²) < 4.78 is 0. The van der Waals surface area contributed by atoms with Crippen LogP contribution in [0.4, 0.5) is 0 Å². The van der Waals surface area contributed by atoms with Gasteiger partial charge in [-0.1, -0.05) is 44.2 Å². The van der Waals surface area contributed by atoms with E-state index in [-0.39, 0.29) is 96.4 Å². The van der Waals surface area contributed by atoms with Crippen molar-refractivity contribution in [3.05, 3.63) is 35.9 Å². The van der Waals surface area contributed by atoms with Gasteiger partial charge in [0.05, 0.1) is 12.2 Å². The van der Waals surface area contributed by atoms with Gasteiger partial charge in [0.2, 0.25) is 59.1 Å². The zero-order valence-corrected chi connectivity index (χ0v) is 43.5. The van der Waals surface area contributed by atoms with Crippen LogP contribution in [0.1, 0.15) is 91.0 Å². The highest BCUT2D eigenvalue weighted by Gasteiger charge is 2.37. The number of rotatable bonds is 23. The molecule has 2 rings (SSSR count). The molecule has 2 unspecified atom stereocenters. The highest BCUT2D eigenvalue weighted by atomic mass is 16.3. The van der Waals surface area contributed by atoms with Crippen molar-refractivity contribution < 1.29 is 58.2 Å². The summed E-state index contributed by atoms with van der Waals surface area (Å²) >= 11 is 0. The third-order valence-corrected chi connectivity index (χ3v) is 12.0. The molecule has 0 aromatic heterocycles. The van der Waals surface area contributed by atoms with Crippen LogP contribution in [0.25, 0.3) is 0 Å². The van der Waals surface area contributed by atoms with E-state index in [2.05, 4.69) is 53.2 Å². The SMILES string of the molecule is CC(C)C[C@@H]1NC(=O)[C@@H](Cc2ccccc2)NC(=O)[C@H](CCN)NC(=O)[C@@H](NC(=O)[C@H](CCN)NC(=O)[C@@H](NC(=O)CCCN)C(C)O)CCNC(=O)[C@H](C(C)O)NC(=O)[C@H](CCN)NC(=O)[C@H](CCCN)NC1=O. The summed E-state index contributed by atoms with van der Waals surface area (Å²) in [5.41, 5.74) is 29.5. The fraction of sp³-hybridized carbons (Fsp3) is 0.667. The van der Waals surface area contributed by atoms with Crippen molar-refractivity contribution in [1.82, 2.24) is 53.2 Å². The summed E-state index contributed by atoms with van der Waals surface area (Å²) in [6, 6.07) is -4.47. The van der Waals surface area contributed by atoms with Gasteiger partial charge in [-0.3, -0.25) is 47.9 Å². The molecule has 1 aliphatic rings. The van der Waals surface area contributed by atoms with Gasteiger partial charge in [-0.25, -0.2) is 0 Å². The van der Waals surface area contributed by atoms with Crippen LogP contribution in [0.5, 0.6) is 0 Å². The number of benzene rings is 1. The lowest BCUT2D eigenvalue weighted by Gasteiger charge is -2.28. The molecule has 0 bridgehead atoms. The highest BCUT2D eigenvalue weighted by molar-refractivity contribution is 5.99. The Labute approximate surface area is 437 Å². The number of amides is 10. The first kappa shape index (κ1) is 64.8. The quantitative estimate of drug-likeness (QED) is 0.0484. The van der Waals surface area contributed by atoms with Crippen LogP contribution >= 0.6 is 0 Å². The van der Waals surface area contributed by atoms with Gasteiger partial charge in [0.15, 0.2) is 0 Å². The molecule has 11 atom stereocenters. The molecule has 10 amide bonds. The zero-order chi connectivity index (χ0) is 56.2. The maximum Gasteiger partial charge on any atom is 0.245 e. The minimum Gasteiger partial charge on any atom is -0.391 e. The van der Waals surface area contributed by atoms with Crippen LogP contribution in [-0.4, -0.2) is 175 Å². The molecule has 0 saturated carbocycles. The predicted octanol–water partition coefficient (Wildman–Crippen LogP) is -6.56. The number of carbonyl (C=O) groups is 10. The molecular formula is C48H83N15O12. The van der Waals surface area contributed by atoms with E-state index in [4.69, 9.17) is 28.7 Å². The number of hydrogen-bond donors (Lipinski definition) is 17. The van der Waals surface area contributed by atoms with Crippen LogP contribution in [0.3, 0.4) is 0 Å². The fourth-order valence-corrected chi connectivity index (χ4v) is 7.85. The van der Waals surface area contributed by atoms with Gasteiger partial charge in [0.25, 0.3) is 0 Å². The Balaban J connectivity index is 2.75. The Bertz CT molecular complexity index is 2030. The maximum atomic E-state index is 14.4. The van der Waals surface area contributed by atoms with Gasteiger partial charge < -0.3 is 92.0 Å². The largest absolute Gasteiger partial charge is 0.391 e. The molecule has 1 fully saturated rings. The van der Waals surface area contributed by atoms with Crippen molar-refractivity contribution in [3.63, 3.8) is 0 Å². The molecule has 0 radical (unpaired) electrons. The summed E-state index contributed by atoms with van der Waals surface area (Å²) in [6.45, 7) is 5.45. The van der Waals surface area contributed by atoms with Crippen LogP contribution < -0.4 is 81.8 Å². The number of aliphatic hydroxyl groups excluding tert-OH is 2. The molecule has 1 heterocycles. The Hall–Kier alpha value is -6.36. The standard InChI is InChI=1S/C48H83N15O12/c1-26(2)24-35-45(72)55-30(12-8-18-49)40(67)57-33(16-22-53)44(71)63-38(27(3)64)47(74)54-23-17-34(58-41(68)32(15-21-52)59-48(75)39(28(4)65)62-37(66)13-9-19-50)43(70)56-31(14-20-51)42(69)61-36(46(73)60-35)25-29-10-6-5-7-11-29/h5-7,10-11,26-28,30-36,38-39,64-65H,8-9,12-25,49-53H2,1-4H3,(H,54,74)(H,55,72)(H,56,70)(H,57,67)(H,58,68)(H,59,75)(H,60,73)(H,61,69)(H,62,66)(H,63,71)/t27?,28?,30-,31-,32-,33-,34-,35-,36+,38-,39-/m0/s1. The van der Waals surface area contributed by atoms with Crippen LogP contribution in [0.2, 0.25) is 0 Å². The normalized spacial score (nSPS) is 23.6. The summed E-state index contributed by atoms with van der Waals surface area (Å²) in [7, 11) is 0. The Morgan fingerprint density at radius 3 is 1.65 bits per heavy atom. The number of nitrogens with one attached hydrogen (secondary N) is 10. The molecule has 1 aliphatic heterocycles. The zero-order valence-electron chi connectivity index (χ0n) is 43.5. The first-order valence-electron chi connectivity index (χ1n) is 25.5. The van der Waals surface area contributed by atoms with Gasteiger partial charge in [-0.05, 0) is 109 Å². The van der Waals surface area contributed by atoms with Crippen molar-refractivity contribution in [1.29, 1.82) is 0 Å². The predicted molar refractivity (Wildman–Crippen MR) is 276 cm³/mol. The monoisotopic (exact) mass is 1060 g/mol. The van der Waals surface area contributed by atoms with E-state index < -0.39 is 139 Å². The highest BCUT2D eigenvalue weighted by Crippen LogP contribution is 2.12. The molecule has 75 heavy (non-hydrogen) atoms. The average Bonchev–Trinajstić information content (AvgIpc) is 3.35. The molecule has 1 saturated heterocycles. The minimum absolute atomic E-state index is 0.00978. The van der Waals surface area contributed by atoms with Gasteiger partial charge in [-0.15, -0.1) is 0 Å². The van der Waals surface area contributed by atoms with E-state index in [0.717, 1.165) is 0 Å². The molecule has 0 aliphatic carbocycles. The number of hydrogen-bond acceptors (Lipinski definition) is 17. The van der Waals surface area contributed by atoms with Gasteiger partial charge in [0, 0.05) is 19.4 Å². The third kappa shape index (κ3) is 23.0. The summed E-state index contributed by atoms with van der Waals surface area (Å²) in [5.74, 6) is -8.92. The van der Waals surface area contributed by atoms with Gasteiger partial charge >= 0.3 is 0 Å². The third-order valence-electron chi connectivity index (χ3n) is 12.0. The lowest BCUT2D eigenvalue weighted by molar-refractivity contribution is -0.136. The second-order valence-corrected chi connectivity index (χ2v) is 18.9. The fourth-order valence-electron chi connectivity index (χ4n) is 7.85. The van der Waals surface area contributed by atoms with Crippen LogP contribution in [0.15, 0.2) is 30.3 Å². The van der Waals surface area contributed by atoms with E-state index in [1.165, 1.54) is 13.8 Å². The summed E-state index contributed by atoms with van der Waals surface area (Å²) in [4.78, 5) is 139. The number of aliphatic hydroxyl groups is 2. The molecule has 27 nitrogen and oxygen atoms in total. The minimum atomic E-state index is -1.66. The number of nitrogens with two attached hydrogens (primary N) is 5. The van der Waals surface area contributed by atoms with Crippen molar-refractivity contribution in [2.24, 2.45) is 34.6 Å². The Kier molecular flexibility index (Phi) is 29.6. The molecule has 422 valence electrons. The molecule has 27 heteroatoms. The van der Waals surface area contributed by atoms with E-state index in [0.29, 0.717) is 5.56 Å². The molecular weight excluding hydrogens is 979 g/mol. The summed E-state index contributed by atoms with van der Waals surface area (Å²) in [5, 5.41) is 46.7. The molecule has 1 aromatic rings. The van der Waals surface area contributed by atoms with E-state index in [9.17, 15) is 58.2 Å². The van der Waals surface area contributed by atoms with Gasteiger partial charge in [-0.2, -0.15) is 0 Å². The van der Waals surface area contributed by atoms with Crippen molar-refractivity contribution in [2.75, 3.05) is 39.3 Å². The first-order chi connectivity index (χ1) is 35.6. The Morgan fingerprint density at radius 1 is 0.600 bits per heavy atom.